The van der Waals surface area contributed by atoms with Crippen LogP contribution in [0.15, 0.2) is 30.5 Å². The zero-order chi connectivity index (χ0) is 10.7. The number of nitrogens with two attached hydrogens (primary N) is 1. The SMILES string of the molecule is Cc1c(N)cccc1NCc1ccn[nH]1. The van der Waals surface area contributed by atoms with Crippen LogP contribution in [-0.2, 0) is 6.54 Å². The summed E-state index contributed by atoms with van der Waals surface area (Å²) >= 11 is 0. The minimum atomic E-state index is 0.726. The van der Waals surface area contributed by atoms with Gasteiger partial charge < -0.3 is 11.1 Å². The third-order valence-electron chi connectivity index (χ3n) is 2.40. The Bertz CT molecular complexity index is 434. The molecule has 4 N–H and O–H groups in total. The Balaban J connectivity index is 2.08. The van der Waals surface area contributed by atoms with Gasteiger partial charge in [0.05, 0.1) is 12.2 Å². The zero-order valence-corrected chi connectivity index (χ0v) is 8.62. The van der Waals surface area contributed by atoms with Crippen molar-refractivity contribution in [2.75, 3.05) is 11.1 Å². The highest BCUT2D eigenvalue weighted by Gasteiger charge is 2.00. The van der Waals surface area contributed by atoms with E-state index < -0.39 is 0 Å². The predicted molar refractivity (Wildman–Crippen MR) is 61.5 cm³/mol. The van der Waals surface area contributed by atoms with Gasteiger partial charge in [0.15, 0.2) is 0 Å². The van der Waals surface area contributed by atoms with Gasteiger partial charge in [0.2, 0.25) is 0 Å². The van der Waals surface area contributed by atoms with Crippen LogP contribution in [0.3, 0.4) is 0 Å². The van der Waals surface area contributed by atoms with E-state index >= 15 is 0 Å². The van der Waals surface area contributed by atoms with Crippen molar-refractivity contribution >= 4 is 11.4 Å². The number of aromatic nitrogens is 2. The molecule has 2 aromatic rings. The van der Waals surface area contributed by atoms with Crippen LogP contribution in [0.2, 0.25) is 0 Å². The summed E-state index contributed by atoms with van der Waals surface area (Å²) in [5.41, 5.74) is 9.81. The van der Waals surface area contributed by atoms with Gasteiger partial charge in [0.1, 0.15) is 0 Å². The molecular formula is C11H14N4. The van der Waals surface area contributed by atoms with Crippen LogP contribution in [0, 0.1) is 6.92 Å². The Labute approximate surface area is 88.5 Å². The summed E-state index contributed by atoms with van der Waals surface area (Å²) in [4.78, 5) is 0. The Kier molecular flexibility index (Phi) is 2.58. The molecule has 1 aromatic heterocycles. The maximum absolute atomic E-state index is 5.81. The molecule has 2 rings (SSSR count). The van der Waals surface area contributed by atoms with E-state index in [0.29, 0.717) is 0 Å². The number of rotatable bonds is 3. The lowest BCUT2D eigenvalue weighted by molar-refractivity contribution is 0.980. The quantitative estimate of drug-likeness (QED) is 0.666. The number of nitrogen functional groups attached to an aromatic ring is 1. The highest BCUT2D eigenvalue weighted by molar-refractivity contribution is 5.62. The maximum atomic E-state index is 5.81. The molecule has 4 nitrogen and oxygen atoms in total. The van der Waals surface area contributed by atoms with Gasteiger partial charge in [-0.05, 0) is 30.7 Å². The minimum Gasteiger partial charge on any atom is -0.398 e. The Morgan fingerprint density at radius 3 is 3.00 bits per heavy atom. The van der Waals surface area contributed by atoms with Crippen LogP contribution in [0.4, 0.5) is 11.4 Å². The van der Waals surface area contributed by atoms with Gasteiger partial charge >= 0.3 is 0 Å². The number of anilines is 2. The first-order valence-electron chi connectivity index (χ1n) is 4.84. The van der Waals surface area contributed by atoms with Crippen molar-refractivity contribution in [1.29, 1.82) is 0 Å². The highest BCUT2D eigenvalue weighted by Crippen LogP contribution is 2.20. The molecule has 0 radical (unpaired) electrons. The molecule has 0 bridgehead atoms. The third kappa shape index (κ3) is 2.10. The molecule has 0 spiro atoms. The van der Waals surface area contributed by atoms with Crippen molar-refractivity contribution < 1.29 is 0 Å². The average Bonchev–Trinajstić information content (AvgIpc) is 2.73. The largest absolute Gasteiger partial charge is 0.398 e. The van der Waals surface area contributed by atoms with Gasteiger partial charge in [-0.15, -0.1) is 0 Å². The normalized spacial score (nSPS) is 10.2. The van der Waals surface area contributed by atoms with Crippen molar-refractivity contribution in [1.82, 2.24) is 10.2 Å². The second-order valence-corrected chi connectivity index (χ2v) is 3.46. The summed E-state index contributed by atoms with van der Waals surface area (Å²) in [6, 6.07) is 7.80. The molecular weight excluding hydrogens is 188 g/mol. The Hall–Kier alpha value is -1.97. The first-order valence-corrected chi connectivity index (χ1v) is 4.84. The summed E-state index contributed by atoms with van der Waals surface area (Å²) in [7, 11) is 0. The number of benzene rings is 1. The number of nitrogens with one attached hydrogen (secondary N) is 2. The molecule has 78 valence electrons. The topological polar surface area (TPSA) is 66.7 Å². The van der Waals surface area contributed by atoms with Crippen molar-refractivity contribution in [3.05, 3.63) is 41.7 Å². The van der Waals surface area contributed by atoms with Crippen molar-refractivity contribution in [2.45, 2.75) is 13.5 Å². The number of hydrogen-bond acceptors (Lipinski definition) is 3. The summed E-state index contributed by atoms with van der Waals surface area (Å²) in [6.45, 7) is 2.73. The van der Waals surface area contributed by atoms with E-state index in [4.69, 9.17) is 5.73 Å². The lowest BCUT2D eigenvalue weighted by atomic mass is 10.1. The van der Waals surface area contributed by atoms with E-state index in [-0.39, 0.29) is 0 Å². The fourth-order valence-corrected chi connectivity index (χ4v) is 1.42. The van der Waals surface area contributed by atoms with E-state index in [1.54, 1.807) is 6.20 Å². The van der Waals surface area contributed by atoms with Gasteiger partial charge in [0, 0.05) is 17.6 Å². The average molecular weight is 202 g/mol. The smallest absolute Gasteiger partial charge is 0.0567 e. The lowest BCUT2D eigenvalue weighted by Gasteiger charge is -2.09. The molecule has 15 heavy (non-hydrogen) atoms. The van der Waals surface area contributed by atoms with Crippen molar-refractivity contribution in [3.63, 3.8) is 0 Å². The van der Waals surface area contributed by atoms with Crippen LogP contribution in [-0.4, -0.2) is 10.2 Å². The lowest BCUT2D eigenvalue weighted by Crippen LogP contribution is -2.02. The number of nitrogens with zero attached hydrogens (tertiary/aromatic N) is 1. The minimum absolute atomic E-state index is 0.726. The molecule has 0 aliphatic heterocycles. The second kappa shape index (κ2) is 4.04. The van der Waals surface area contributed by atoms with Gasteiger partial charge in [-0.2, -0.15) is 5.10 Å². The first kappa shape index (κ1) is 9.58. The summed E-state index contributed by atoms with van der Waals surface area (Å²) in [5, 5.41) is 10.1. The fourth-order valence-electron chi connectivity index (χ4n) is 1.42. The molecule has 1 aromatic carbocycles. The molecule has 0 atom stereocenters. The standard InChI is InChI=1S/C11H14N4/c1-8-10(12)3-2-4-11(8)13-7-9-5-6-14-15-9/h2-6,13H,7,12H2,1H3,(H,14,15). The van der Waals surface area contributed by atoms with E-state index in [9.17, 15) is 0 Å². The number of H-pyrrole nitrogens is 1. The molecule has 0 unspecified atom stereocenters. The van der Waals surface area contributed by atoms with Crippen LogP contribution in [0.1, 0.15) is 11.3 Å². The third-order valence-corrected chi connectivity index (χ3v) is 2.40. The van der Waals surface area contributed by atoms with Gasteiger partial charge in [-0.1, -0.05) is 6.07 Å². The molecule has 0 amide bonds. The number of hydrogen-bond donors (Lipinski definition) is 3. The first-order chi connectivity index (χ1) is 7.27. The predicted octanol–water partition coefficient (Wildman–Crippen LogP) is 1.91. The summed E-state index contributed by atoms with van der Waals surface area (Å²) in [5.74, 6) is 0. The van der Waals surface area contributed by atoms with Crippen LogP contribution in [0.5, 0.6) is 0 Å². The maximum Gasteiger partial charge on any atom is 0.0567 e. The molecule has 0 fully saturated rings. The van der Waals surface area contributed by atoms with E-state index in [1.807, 2.05) is 31.2 Å². The fraction of sp³-hybridized carbons (Fsp3) is 0.182. The molecule has 1 heterocycles. The van der Waals surface area contributed by atoms with E-state index in [1.165, 1.54) is 0 Å². The highest BCUT2D eigenvalue weighted by atomic mass is 15.1. The number of aromatic amines is 1. The van der Waals surface area contributed by atoms with Gasteiger partial charge in [-0.3, -0.25) is 5.10 Å². The van der Waals surface area contributed by atoms with E-state index in [0.717, 1.165) is 29.2 Å². The molecule has 0 aliphatic rings. The van der Waals surface area contributed by atoms with Gasteiger partial charge in [0.25, 0.3) is 0 Å². The molecule has 4 heteroatoms. The van der Waals surface area contributed by atoms with Crippen LogP contribution >= 0.6 is 0 Å². The monoisotopic (exact) mass is 202 g/mol. The molecule has 0 saturated heterocycles. The Morgan fingerprint density at radius 2 is 2.27 bits per heavy atom. The van der Waals surface area contributed by atoms with Crippen molar-refractivity contribution in [2.24, 2.45) is 0 Å². The summed E-state index contributed by atoms with van der Waals surface area (Å²) < 4.78 is 0. The Morgan fingerprint density at radius 1 is 1.40 bits per heavy atom. The van der Waals surface area contributed by atoms with Crippen LogP contribution in [0.25, 0.3) is 0 Å². The second-order valence-electron chi connectivity index (χ2n) is 3.46. The van der Waals surface area contributed by atoms with E-state index in [2.05, 4.69) is 15.5 Å². The van der Waals surface area contributed by atoms with Crippen LogP contribution < -0.4 is 11.1 Å². The molecule has 0 saturated carbocycles. The zero-order valence-electron chi connectivity index (χ0n) is 8.62. The molecule has 0 aliphatic carbocycles. The van der Waals surface area contributed by atoms with Crippen molar-refractivity contribution in [3.8, 4) is 0 Å². The summed E-state index contributed by atoms with van der Waals surface area (Å²) in [6.07, 6.45) is 1.74. The van der Waals surface area contributed by atoms with Gasteiger partial charge in [-0.25, -0.2) is 0 Å².